The predicted molar refractivity (Wildman–Crippen MR) is 94.5 cm³/mol. The van der Waals surface area contributed by atoms with Crippen molar-refractivity contribution in [2.24, 2.45) is 0 Å². The molecule has 1 N–H and O–H groups in total. The van der Waals surface area contributed by atoms with Crippen LogP contribution in [0.5, 0.6) is 0 Å². The number of rotatable bonds is 3. The molecule has 1 aromatic heterocycles. The summed E-state index contributed by atoms with van der Waals surface area (Å²) in [4.78, 5) is 31.3. The number of nitrogens with one attached hydrogen (secondary N) is 1. The van der Waals surface area contributed by atoms with Gasteiger partial charge >= 0.3 is 0 Å². The van der Waals surface area contributed by atoms with E-state index in [2.05, 4.69) is 10.3 Å². The number of aromatic nitrogens is 1. The number of hydrogen-bond donors (Lipinski definition) is 1. The fraction of sp³-hybridized carbons (Fsp3) is 0.389. The van der Waals surface area contributed by atoms with Gasteiger partial charge in [-0.2, -0.15) is 0 Å². The van der Waals surface area contributed by atoms with E-state index in [1.807, 2.05) is 0 Å². The van der Waals surface area contributed by atoms with Gasteiger partial charge in [-0.05, 0) is 25.0 Å². The lowest BCUT2D eigenvalue weighted by molar-refractivity contribution is -0.124. The molecule has 142 valence electrons. The molecule has 1 atom stereocenters. The number of nitrogens with zero attached hydrogens (tertiary/aromatic N) is 2. The molecule has 4 rings (SSSR count). The minimum atomic E-state index is -0.875. The van der Waals surface area contributed by atoms with Gasteiger partial charge in [0.15, 0.2) is 5.13 Å². The summed E-state index contributed by atoms with van der Waals surface area (Å²) in [6.45, 7) is 1.09. The third kappa shape index (κ3) is 3.57. The Morgan fingerprint density at radius 2 is 2.07 bits per heavy atom. The molecule has 2 aromatic rings. The molecule has 2 amide bonds. The SMILES string of the molecule is O=C(Nc1nc2c(s1)CN(C(=O)c1c(F)cccc1F)CC2)C1CCCO1. The number of anilines is 1. The van der Waals surface area contributed by atoms with E-state index in [0.717, 1.165) is 29.1 Å². The Balaban J connectivity index is 1.48. The van der Waals surface area contributed by atoms with Gasteiger partial charge in [-0.15, -0.1) is 0 Å². The Morgan fingerprint density at radius 1 is 1.30 bits per heavy atom. The predicted octanol–water partition coefficient (Wildman–Crippen LogP) is 2.74. The first kappa shape index (κ1) is 18.0. The number of hydrogen-bond acceptors (Lipinski definition) is 5. The van der Waals surface area contributed by atoms with Crippen LogP contribution in [0.15, 0.2) is 18.2 Å². The van der Waals surface area contributed by atoms with Crippen LogP contribution in [-0.2, 0) is 22.5 Å². The van der Waals surface area contributed by atoms with Crippen LogP contribution in [0.25, 0.3) is 0 Å². The second-order valence-electron chi connectivity index (χ2n) is 6.45. The van der Waals surface area contributed by atoms with E-state index in [9.17, 15) is 18.4 Å². The van der Waals surface area contributed by atoms with Crippen molar-refractivity contribution >= 4 is 28.3 Å². The first-order valence-corrected chi connectivity index (χ1v) is 9.49. The van der Waals surface area contributed by atoms with Gasteiger partial charge in [0, 0.05) is 24.4 Å². The standard InChI is InChI=1S/C18H17F2N3O3S/c19-10-3-1-4-11(20)15(10)17(25)23-7-6-12-14(9-23)27-18(21-12)22-16(24)13-5-2-8-26-13/h1,3-4,13H,2,5-9H2,(H,21,22,24). The number of amides is 2. The van der Waals surface area contributed by atoms with Gasteiger partial charge in [-0.25, -0.2) is 13.8 Å². The summed E-state index contributed by atoms with van der Waals surface area (Å²) >= 11 is 1.27. The number of carbonyl (C=O) groups is 2. The highest BCUT2D eigenvalue weighted by Crippen LogP contribution is 2.30. The summed E-state index contributed by atoms with van der Waals surface area (Å²) in [5, 5.41) is 3.21. The van der Waals surface area contributed by atoms with Crippen LogP contribution in [-0.4, -0.2) is 41.0 Å². The van der Waals surface area contributed by atoms with Gasteiger partial charge in [0.25, 0.3) is 11.8 Å². The molecule has 1 fully saturated rings. The van der Waals surface area contributed by atoms with Crippen LogP contribution in [0.3, 0.4) is 0 Å². The van der Waals surface area contributed by atoms with E-state index >= 15 is 0 Å². The Labute approximate surface area is 158 Å². The molecule has 2 aliphatic rings. The van der Waals surface area contributed by atoms with Gasteiger partial charge in [-0.1, -0.05) is 17.4 Å². The summed E-state index contributed by atoms with van der Waals surface area (Å²) in [6.07, 6.45) is 1.56. The van der Waals surface area contributed by atoms with E-state index in [1.54, 1.807) is 0 Å². The van der Waals surface area contributed by atoms with Crippen molar-refractivity contribution in [3.8, 4) is 0 Å². The lowest BCUT2D eigenvalue weighted by atomic mass is 10.1. The smallest absolute Gasteiger partial charge is 0.260 e. The van der Waals surface area contributed by atoms with E-state index in [1.165, 1.54) is 22.3 Å². The van der Waals surface area contributed by atoms with Crippen LogP contribution in [0.1, 0.15) is 33.8 Å². The minimum absolute atomic E-state index is 0.204. The van der Waals surface area contributed by atoms with Crippen molar-refractivity contribution in [1.29, 1.82) is 0 Å². The monoisotopic (exact) mass is 393 g/mol. The van der Waals surface area contributed by atoms with E-state index in [0.29, 0.717) is 31.1 Å². The third-order valence-electron chi connectivity index (χ3n) is 4.65. The van der Waals surface area contributed by atoms with Crippen LogP contribution in [0.4, 0.5) is 13.9 Å². The van der Waals surface area contributed by atoms with Crippen molar-refractivity contribution < 1.29 is 23.1 Å². The van der Waals surface area contributed by atoms with Gasteiger partial charge in [0.05, 0.1) is 12.2 Å². The summed E-state index contributed by atoms with van der Waals surface area (Å²) in [6, 6.07) is 3.36. The minimum Gasteiger partial charge on any atom is -0.368 e. The average molecular weight is 393 g/mol. The molecular formula is C18H17F2N3O3S. The van der Waals surface area contributed by atoms with Crippen molar-refractivity contribution in [3.63, 3.8) is 0 Å². The van der Waals surface area contributed by atoms with Gasteiger partial charge in [0.1, 0.15) is 23.3 Å². The molecule has 0 radical (unpaired) electrons. The highest BCUT2D eigenvalue weighted by atomic mass is 32.1. The number of halogens is 2. The zero-order valence-corrected chi connectivity index (χ0v) is 15.2. The first-order valence-electron chi connectivity index (χ1n) is 8.67. The Hall–Kier alpha value is -2.39. The van der Waals surface area contributed by atoms with Gasteiger partial charge < -0.3 is 9.64 Å². The molecule has 27 heavy (non-hydrogen) atoms. The fourth-order valence-electron chi connectivity index (χ4n) is 3.25. The van der Waals surface area contributed by atoms with E-state index < -0.39 is 29.2 Å². The second-order valence-corrected chi connectivity index (χ2v) is 7.54. The molecule has 1 unspecified atom stereocenters. The Bertz CT molecular complexity index is 876. The van der Waals surface area contributed by atoms with Crippen molar-refractivity contribution in [2.75, 3.05) is 18.5 Å². The zero-order chi connectivity index (χ0) is 19.0. The molecule has 9 heteroatoms. The van der Waals surface area contributed by atoms with Crippen LogP contribution >= 0.6 is 11.3 Å². The maximum absolute atomic E-state index is 13.9. The largest absolute Gasteiger partial charge is 0.368 e. The molecule has 0 bridgehead atoms. The van der Waals surface area contributed by atoms with Crippen LogP contribution in [0.2, 0.25) is 0 Å². The van der Waals surface area contributed by atoms with Crippen LogP contribution < -0.4 is 5.32 Å². The zero-order valence-electron chi connectivity index (χ0n) is 14.3. The lowest BCUT2D eigenvalue weighted by Gasteiger charge is -2.26. The summed E-state index contributed by atoms with van der Waals surface area (Å²) < 4.78 is 33.1. The average Bonchev–Trinajstić information content (AvgIpc) is 3.30. The normalized spacial score (nSPS) is 19.0. The summed E-state index contributed by atoms with van der Waals surface area (Å²) in [7, 11) is 0. The molecular weight excluding hydrogens is 376 g/mol. The maximum Gasteiger partial charge on any atom is 0.260 e. The molecule has 0 spiro atoms. The fourth-order valence-corrected chi connectivity index (χ4v) is 4.28. The van der Waals surface area contributed by atoms with E-state index in [-0.39, 0.29) is 12.5 Å². The number of thiazole rings is 1. The number of carbonyl (C=O) groups excluding carboxylic acids is 2. The summed E-state index contributed by atoms with van der Waals surface area (Å²) in [5.74, 6) is -2.66. The van der Waals surface area contributed by atoms with Crippen molar-refractivity contribution in [3.05, 3.63) is 46.0 Å². The molecule has 1 aromatic carbocycles. The molecule has 2 aliphatic heterocycles. The van der Waals surface area contributed by atoms with Gasteiger partial charge in [0.2, 0.25) is 0 Å². The van der Waals surface area contributed by atoms with Crippen molar-refractivity contribution in [2.45, 2.75) is 31.9 Å². The molecule has 0 aliphatic carbocycles. The Kier molecular flexibility index (Phi) is 4.88. The summed E-state index contributed by atoms with van der Waals surface area (Å²) in [5.41, 5.74) is 0.248. The van der Waals surface area contributed by atoms with Crippen LogP contribution in [0, 0.1) is 11.6 Å². The topological polar surface area (TPSA) is 71.5 Å². The Morgan fingerprint density at radius 3 is 2.78 bits per heavy atom. The first-order chi connectivity index (χ1) is 13.0. The number of fused-ring (bicyclic) bond motifs is 1. The quantitative estimate of drug-likeness (QED) is 0.871. The molecule has 6 nitrogen and oxygen atoms in total. The number of benzene rings is 1. The highest BCUT2D eigenvalue weighted by Gasteiger charge is 2.29. The van der Waals surface area contributed by atoms with E-state index in [4.69, 9.17) is 4.74 Å². The molecule has 3 heterocycles. The molecule has 0 saturated carbocycles. The second kappa shape index (κ2) is 7.32. The maximum atomic E-state index is 13.9. The number of ether oxygens (including phenoxy) is 1. The molecule has 1 saturated heterocycles. The van der Waals surface area contributed by atoms with Gasteiger partial charge in [-0.3, -0.25) is 14.9 Å². The highest BCUT2D eigenvalue weighted by molar-refractivity contribution is 7.15. The lowest BCUT2D eigenvalue weighted by Crippen LogP contribution is -2.36. The van der Waals surface area contributed by atoms with Crippen molar-refractivity contribution in [1.82, 2.24) is 9.88 Å². The third-order valence-corrected chi connectivity index (χ3v) is 5.65.